The van der Waals surface area contributed by atoms with Crippen LogP contribution in [-0.4, -0.2) is 4.98 Å². The van der Waals surface area contributed by atoms with Gasteiger partial charge in [-0.15, -0.1) is 0 Å². The highest BCUT2D eigenvalue weighted by atomic mass is 19.1. The molecule has 3 rings (SSSR count). The Hall–Kier alpha value is -2.09. The van der Waals surface area contributed by atoms with E-state index in [9.17, 15) is 4.39 Å². The van der Waals surface area contributed by atoms with E-state index < -0.39 is 0 Å². The zero-order chi connectivity index (χ0) is 11.8. The number of rotatable bonds is 1. The molecule has 0 unspecified atom stereocenters. The lowest BCUT2D eigenvalue weighted by Crippen LogP contribution is -1.77. The highest BCUT2D eigenvalue weighted by Gasteiger charge is 2.04. The van der Waals surface area contributed by atoms with Crippen molar-refractivity contribution in [2.24, 2.45) is 0 Å². The van der Waals surface area contributed by atoms with Crippen LogP contribution in [0.5, 0.6) is 0 Å². The third-order valence-electron chi connectivity index (χ3n) is 3.04. The average molecular weight is 225 g/mol. The van der Waals surface area contributed by atoms with Crippen molar-refractivity contribution >= 4 is 10.9 Å². The van der Waals surface area contributed by atoms with E-state index in [4.69, 9.17) is 0 Å². The van der Waals surface area contributed by atoms with Crippen LogP contribution in [0, 0.1) is 12.7 Å². The maximum absolute atomic E-state index is 12.9. The number of fused-ring (bicyclic) bond motifs is 1. The summed E-state index contributed by atoms with van der Waals surface area (Å²) in [6, 6.07) is 14.8. The first-order chi connectivity index (χ1) is 8.24. The quantitative estimate of drug-likeness (QED) is 0.636. The molecule has 3 aromatic rings. The number of hydrogen-bond acceptors (Lipinski definition) is 0. The monoisotopic (exact) mass is 225 g/mol. The van der Waals surface area contributed by atoms with Crippen LogP contribution in [0.4, 0.5) is 4.39 Å². The van der Waals surface area contributed by atoms with Gasteiger partial charge in [-0.3, -0.25) is 0 Å². The van der Waals surface area contributed by atoms with Gasteiger partial charge in [-0.2, -0.15) is 0 Å². The molecule has 0 aliphatic rings. The van der Waals surface area contributed by atoms with Crippen molar-refractivity contribution < 1.29 is 4.39 Å². The predicted molar refractivity (Wildman–Crippen MR) is 68.4 cm³/mol. The Morgan fingerprint density at radius 3 is 2.47 bits per heavy atom. The van der Waals surface area contributed by atoms with Crippen molar-refractivity contribution in [1.29, 1.82) is 0 Å². The van der Waals surface area contributed by atoms with E-state index >= 15 is 0 Å². The van der Waals surface area contributed by atoms with E-state index in [1.807, 2.05) is 6.07 Å². The van der Waals surface area contributed by atoms with Gasteiger partial charge in [0, 0.05) is 16.6 Å². The summed E-state index contributed by atoms with van der Waals surface area (Å²) in [5, 5.41) is 1.21. The lowest BCUT2D eigenvalue weighted by Gasteiger charge is -1.96. The highest BCUT2D eigenvalue weighted by molar-refractivity contribution is 5.88. The summed E-state index contributed by atoms with van der Waals surface area (Å²) in [5.74, 6) is -0.207. The molecular formula is C15H12FN. The van der Waals surface area contributed by atoms with Crippen LogP contribution in [0.3, 0.4) is 0 Å². The Morgan fingerprint density at radius 1 is 1.00 bits per heavy atom. The Labute approximate surface area is 98.9 Å². The molecule has 17 heavy (non-hydrogen) atoms. The molecule has 1 aromatic heterocycles. The first-order valence-electron chi connectivity index (χ1n) is 5.58. The van der Waals surface area contributed by atoms with Gasteiger partial charge in [-0.25, -0.2) is 4.39 Å². The number of aromatic nitrogens is 1. The van der Waals surface area contributed by atoms with E-state index in [0.717, 1.165) is 16.8 Å². The lowest BCUT2D eigenvalue weighted by atomic mass is 10.1. The number of aryl methyl sites for hydroxylation is 1. The van der Waals surface area contributed by atoms with Crippen molar-refractivity contribution in [2.45, 2.75) is 6.92 Å². The summed E-state index contributed by atoms with van der Waals surface area (Å²) in [5.41, 5.74) is 4.38. The molecule has 1 nitrogen and oxygen atoms in total. The molecule has 0 atom stereocenters. The van der Waals surface area contributed by atoms with Gasteiger partial charge in [0.2, 0.25) is 0 Å². The average Bonchev–Trinajstić information content (AvgIpc) is 2.75. The normalized spacial score (nSPS) is 10.9. The van der Waals surface area contributed by atoms with Gasteiger partial charge in [0.05, 0.1) is 0 Å². The molecule has 2 heteroatoms. The van der Waals surface area contributed by atoms with E-state index in [0.29, 0.717) is 0 Å². The summed E-state index contributed by atoms with van der Waals surface area (Å²) < 4.78 is 12.9. The van der Waals surface area contributed by atoms with Gasteiger partial charge in [0.25, 0.3) is 0 Å². The minimum Gasteiger partial charge on any atom is -0.355 e. The summed E-state index contributed by atoms with van der Waals surface area (Å²) in [6.45, 7) is 2.09. The number of hydrogen-bond donors (Lipinski definition) is 1. The van der Waals surface area contributed by atoms with Crippen molar-refractivity contribution in [1.82, 2.24) is 4.98 Å². The number of H-pyrrole nitrogens is 1. The van der Waals surface area contributed by atoms with E-state index in [2.05, 4.69) is 30.1 Å². The second-order valence-electron chi connectivity index (χ2n) is 4.23. The minimum atomic E-state index is -0.207. The van der Waals surface area contributed by atoms with Gasteiger partial charge in [0.1, 0.15) is 5.82 Å². The Kier molecular flexibility index (Phi) is 2.22. The molecule has 0 aliphatic carbocycles. The van der Waals surface area contributed by atoms with Crippen LogP contribution in [0.2, 0.25) is 0 Å². The molecule has 0 radical (unpaired) electrons. The fraction of sp³-hybridized carbons (Fsp3) is 0.0667. The van der Waals surface area contributed by atoms with Crippen LogP contribution in [0.25, 0.3) is 22.2 Å². The van der Waals surface area contributed by atoms with Gasteiger partial charge >= 0.3 is 0 Å². The van der Waals surface area contributed by atoms with Gasteiger partial charge < -0.3 is 4.98 Å². The highest BCUT2D eigenvalue weighted by Crippen LogP contribution is 2.26. The molecule has 1 heterocycles. The van der Waals surface area contributed by atoms with Crippen LogP contribution in [-0.2, 0) is 0 Å². The third kappa shape index (κ3) is 1.72. The molecule has 1 N–H and O–H groups in total. The molecule has 0 saturated carbocycles. The molecule has 2 aromatic carbocycles. The molecule has 0 aliphatic heterocycles. The zero-order valence-corrected chi connectivity index (χ0v) is 9.50. The zero-order valence-electron chi connectivity index (χ0n) is 9.50. The van der Waals surface area contributed by atoms with E-state index in [1.165, 1.54) is 23.1 Å². The number of halogens is 1. The van der Waals surface area contributed by atoms with Crippen LogP contribution in [0.15, 0.2) is 48.5 Å². The fourth-order valence-electron chi connectivity index (χ4n) is 2.09. The first kappa shape index (κ1) is 10.1. The number of nitrogens with one attached hydrogen (secondary N) is 1. The van der Waals surface area contributed by atoms with Crippen molar-refractivity contribution in [3.05, 3.63) is 59.9 Å². The molecule has 0 spiro atoms. The molecule has 0 saturated heterocycles. The van der Waals surface area contributed by atoms with Gasteiger partial charge in [0.15, 0.2) is 0 Å². The second-order valence-corrected chi connectivity index (χ2v) is 4.23. The molecular weight excluding hydrogens is 213 g/mol. The Balaban J connectivity index is 2.18. The Bertz CT molecular complexity index is 665. The van der Waals surface area contributed by atoms with Crippen LogP contribution in [0.1, 0.15) is 5.56 Å². The van der Waals surface area contributed by atoms with Crippen molar-refractivity contribution in [3.8, 4) is 11.3 Å². The lowest BCUT2D eigenvalue weighted by molar-refractivity contribution is 0.628. The van der Waals surface area contributed by atoms with Crippen LogP contribution >= 0.6 is 0 Å². The standard InChI is InChI=1S/C15H12FN/c1-10-3-2-4-14-13(10)9-15(17-14)11-5-7-12(16)8-6-11/h2-9,17H,1H3. The smallest absolute Gasteiger partial charge is 0.123 e. The number of aromatic amines is 1. The summed E-state index contributed by atoms with van der Waals surface area (Å²) in [7, 11) is 0. The second kappa shape index (κ2) is 3.74. The van der Waals surface area contributed by atoms with Crippen molar-refractivity contribution in [3.63, 3.8) is 0 Å². The molecule has 0 amide bonds. The SMILES string of the molecule is Cc1cccc2[nH]c(-c3ccc(F)cc3)cc12. The largest absolute Gasteiger partial charge is 0.355 e. The summed E-state index contributed by atoms with van der Waals surface area (Å²) in [6.07, 6.45) is 0. The van der Waals surface area contributed by atoms with E-state index in [-0.39, 0.29) is 5.82 Å². The fourth-order valence-corrected chi connectivity index (χ4v) is 2.09. The summed E-state index contributed by atoms with van der Waals surface area (Å²) >= 11 is 0. The topological polar surface area (TPSA) is 15.8 Å². The number of benzene rings is 2. The maximum Gasteiger partial charge on any atom is 0.123 e. The van der Waals surface area contributed by atoms with Gasteiger partial charge in [-0.1, -0.05) is 12.1 Å². The van der Waals surface area contributed by atoms with Crippen LogP contribution < -0.4 is 0 Å². The minimum absolute atomic E-state index is 0.207. The van der Waals surface area contributed by atoms with E-state index in [1.54, 1.807) is 12.1 Å². The predicted octanol–water partition coefficient (Wildman–Crippen LogP) is 4.28. The van der Waals surface area contributed by atoms with Crippen molar-refractivity contribution in [2.75, 3.05) is 0 Å². The molecule has 0 bridgehead atoms. The Morgan fingerprint density at radius 2 is 1.76 bits per heavy atom. The molecule has 0 fully saturated rings. The summed E-state index contributed by atoms with van der Waals surface area (Å²) in [4.78, 5) is 3.35. The first-order valence-corrected chi connectivity index (χ1v) is 5.58. The van der Waals surface area contributed by atoms with Gasteiger partial charge in [-0.05, 0) is 54.4 Å². The third-order valence-corrected chi connectivity index (χ3v) is 3.04. The maximum atomic E-state index is 12.9. The molecule has 84 valence electrons.